The predicted octanol–water partition coefficient (Wildman–Crippen LogP) is 2.55. The van der Waals surface area contributed by atoms with Crippen molar-refractivity contribution in [3.8, 4) is 5.75 Å². The van der Waals surface area contributed by atoms with E-state index >= 15 is 0 Å². The van der Waals surface area contributed by atoms with E-state index in [1.807, 2.05) is 6.07 Å². The van der Waals surface area contributed by atoms with Crippen molar-refractivity contribution in [3.63, 3.8) is 0 Å². The van der Waals surface area contributed by atoms with Crippen LogP contribution in [-0.2, 0) is 17.8 Å². The summed E-state index contributed by atoms with van der Waals surface area (Å²) in [5, 5.41) is 12.4. The lowest BCUT2D eigenvalue weighted by Crippen LogP contribution is -2.44. The zero-order valence-corrected chi connectivity index (χ0v) is 18.9. The number of nitrogens with zero attached hydrogens (tertiary/aromatic N) is 2. The number of amides is 2. The Kier molecular flexibility index (Phi) is 5.95. The molecule has 2 aromatic carbocycles. The van der Waals surface area contributed by atoms with Crippen molar-refractivity contribution in [1.82, 2.24) is 20.2 Å². The number of hydrogen-bond donors (Lipinski definition) is 3. The molecule has 1 aliphatic carbocycles. The molecule has 0 bridgehead atoms. The summed E-state index contributed by atoms with van der Waals surface area (Å²) in [6, 6.07) is 9.70. The fraction of sp³-hybridized carbons (Fsp3) is 0.400. The Morgan fingerprint density at radius 1 is 1.29 bits per heavy atom. The number of ether oxygens (including phenoxy) is 1. The van der Waals surface area contributed by atoms with Crippen LogP contribution in [0.5, 0.6) is 5.75 Å². The molecule has 1 saturated carbocycles. The molecule has 8 nitrogen and oxygen atoms in total. The molecule has 3 aromatic rings. The summed E-state index contributed by atoms with van der Waals surface area (Å²) in [4.78, 5) is 35.2. The third kappa shape index (κ3) is 4.23. The summed E-state index contributed by atoms with van der Waals surface area (Å²) in [6.45, 7) is 0.00488. The number of carbonyl (C=O) groups excluding carboxylic acids is 2. The van der Waals surface area contributed by atoms with E-state index in [-0.39, 0.29) is 48.8 Å². The number of para-hydroxylation sites is 1. The monoisotopic (exact) mass is 466 g/mol. The highest BCUT2D eigenvalue weighted by molar-refractivity contribution is 6.05. The van der Waals surface area contributed by atoms with Crippen LogP contribution in [0.3, 0.4) is 0 Å². The first-order valence-electron chi connectivity index (χ1n) is 11.5. The first kappa shape index (κ1) is 22.3. The lowest BCUT2D eigenvalue weighted by atomic mass is 9.95. The van der Waals surface area contributed by atoms with Gasteiger partial charge in [0.15, 0.2) is 0 Å². The van der Waals surface area contributed by atoms with E-state index in [0.717, 1.165) is 18.4 Å². The maximum Gasteiger partial charge on any atom is 0.253 e. The first-order chi connectivity index (χ1) is 16.4. The van der Waals surface area contributed by atoms with Crippen molar-refractivity contribution in [2.45, 2.75) is 44.4 Å². The number of rotatable bonds is 5. The fourth-order valence-electron chi connectivity index (χ4n) is 5.02. The van der Waals surface area contributed by atoms with Gasteiger partial charge in [-0.2, -0.15) is 0 Å². The van der Waals surface area contributed by atoms with Gasteiger partial charge in [0.25, 0.3) is 5.91 Å². The second kappa shape index (κ2) is 9.06. The number of carbonyl (C=O) groups is 2. The van der Waals surface area contributed by atoms with Crippen LogP contribution in [0.4, 0.5) is 4.39 Å². The Morgan fingerprint density at radius 3 is 2.97 bits per heavy atom. The molecule has 0 saturated heterocycles. The van der Waals surface area contributed by atoms with Crippen molar-refractivity contribution in [3.05, 3.63) is 59.2 Å². The molecule has 5 rings (SSSR count). The summed E-state index contributed by atoms with van der Waals surface area (Å²) < 4.78 is 19.1. The van der Waals surface area contributed by atoms with E-state index in [9.17, 15) is 19.1 Å². The predicted molar refractivity (Wildman–Crippen MR) is 123 cm³/mol. The molecule has 3 atom stereocenters. The lowest BCUT2D eigenvalue weighted by molar-refractivity contribution is -0.137. The van der Waals surface area contributed by atoms with Gasteiger partial charge in [-0.25, -0.2) is 9.37 Å². The van der Waals surface area contributed by atoms with Gasteiger partial charge in [-0.15, -0.1) is 0 Å². The number of aliphatic hydroxyl groups excluding tert-OH is 1. The molecule has 1 aromatic heterocycles. The molecule has 3 N–H and O–H groups in total. The zero-order valence-electron chi connectivity index (χ0n) is 18.9. The Balaban J connectivity index is 1.20. The standard InChI is InChI=1S/C25H27FN4O4/c1-30(25(33)15-9-14-5-6-16(26)10-21(14)34-13-15)18-8-7-17(11-18)27-24(32)19-3-2-4-20-23(19)29-22(12-31)28-20/h2-6,10,15,17-18,31H,7-9,11-13H2,1H3,(H,27,32)(H,28,29). The zero-order chi connectivity index (χ0) is 23.8. The molecule has 1 aliphatic heterocycles. The number of benzene rings is 2. The summed E-state index contributed by atoms with van der Waals surface area (Å²) in [5.74, 6) is 0.0475. The second-order valence-electron chi connectivity index (χ2n) is 9.09. The Bertz CT molecular complexity index is 1240. The number of aromatic nitrogens is 2. The Hall–Kier alpha value is -3.46. The van der Waals surface area contributed by atoms with E-state index in [0.29, 0.717) is 41.0 Å². The second-order valence-corrected chi connectivity index (χ2v) is 9.09. The van der Waals surface area contributed by atoms with E-state index in [1.54, 1.807) is 30.1 Å². The summed E-state index contributed by atoms with van der Waals surface area (Å²) in [7, 11) is 1.80. The molecule has 34 heavy (non-hydrogen) atoms. The molecule has 2 amide bonds. The van der Waals surface area contributed by atoms with Crippen LogP contribution in [0.15, 0.2) is 36.4 Å². The number of hydrogen-bond acceptors (Lipinski definition) is 5. The normalized spacial score (nSPS) is 21.7. The number of aromatic amines is 1. The van der Waals surface area contributed by atoms with Gasteiger partial charge < -0.3 is 25.0 Å². The van der Waals surface area contributed by atoms with E-state index < -0.39 is 0 Å². The number of H-pyrrole nitrogens is 1. The number of nitrogens with one attached hydrogen (secondary N) is 2. The van der Waals surface area contributed by atoms with Gasteiger partial charge in [-0.3, -0.25) is 9.59 Å². The third-order valence-corrected chi connectivity index (χ3v) is 6.88. The smallest absolute Gasteiger partial charge is 0.253 e. The minimum atomic E-state index is -0.350. The van der Waals surface area contributed by atoms with E-state index in [2.05, 4.69) is 15.3 Å². The van der Waals surface area contributed by atoms with Crippen molar-refractivity contribution in [2.75, 3.05) is 13.7 Å². The van der Waals surface area contributed by atoms with Crippen LogP contribution < -0.4 is 10.1 Å². The number of aliphatic hydroxyl groups is 1. The first-order valence-corrected chi connectivity index (χ1v) is 11.5. The molecule has 9 heteroatoms. The molecule has 2 aliphatic rings. The average molecular weight is 467 g/mol. The topological polar surface area (TPSA) is 108 Å². The maximum absolute atomic E-state index is 13.4. The molecular formula is C25H27FN4O4. The van der Waals surface area contributed by atoms with Gasteiger partial charge >= 0.3 is 0 Å². The van der Waals surface area contributed by atoms with Crippen LogP contribution in [0, 0.1) is 11.7 Å². The molecule has 178 valence electrons. The largest absolute Gasteiger partial charge is 0.492 e. The van der Waals surface area contributed by atoms with Gasteiger partial charge in [-0.05, 0) is 49.4 Å². The number of halogens is 1. The Labute approximate surface area is 196 Å². The molecule has 2 heterocycles. The lowest BCUT2D eigenvalue weighted by Gasteiger charge is -2.31. The average Bonchev–Trinajstić information content (AvgIpc) is 3.49. The van der Waals surface area contributed by atoms with Gasteiger partial charge in [-0.1, -0.05) is 12.1 Å². The van der Waals surface area contributed by atoms with Crippen LogP contribution in [-0.4, -0.2) is 57.5 Å². The molecule has 3 unspecified atom stereocenters. The van der Waals surface area contributed by atoms with Gasteiger partial charge in [0.05, 0.1) is 17.0 Å². The molecule has 0 spiro atoms. The maximum atomic E-state index is 13.4. The van der Waals surface area contributed by atoms with Crippen molar-refractivity contribution < 1.29 is 23.8 Å². The summed E-state index contributed by atoms with van der Waals surface area (Å²) in [6.07, 6.45) is 2.76. The minimum absolute atomic E-state index is 0.00442. The van der Waals surface area contributed by atoms with Crippen LogP contribution in [0.25, 0.3) is 11.0 Å². The van der Waals surface area contributed by atoms with Gasteiger partial charge in [0.1, 0.15) is 36.1 Å². The van der Waals surface area contributed by atoms with E-state index in [4.69, 9.17) is 4.74 Å². The Morgan fingerprint density at radius 2 is 2.15 bits per heavy atom. The van der Waals surface area contributed by atoms with Crippen LogP contribution >= 0.6 is 0 Å². The minimum Gasteiger partial charge on any atom is -0.492 e. The summed E-state index contributed by atoms with van der Waals surface area (Å²) >= 11 is 0. The number of imidazole rings is 1. The van der Waals surface area contributed by atoms with Crippen molar-refractivity contribution in [2.24, 2.45) is 5.92 Å². The molecular weight excluding hydrogens is 439 g/mol. The third-order valence-electron chi connectivity index (χ3n) is 6.88. The van der Waals surface area contributed by atoms with Crippen molar-refractivity contribution >= 4 is 22.8 Å². The molecule has 1 fully saturated rings. The highest BCUT2D eigenvalue weighted by Crippen LogP contribution is 2.31. The van der Waals surface area contributed by atoms with Gasteiger partial charge in [0, 0.05) is 25.2 Å². The molecule has 0 radical (unpaired) electrons. The quantitative estimate of drug-likeness (QED) is 0.536. The van der Waals surface area contributed by atoms with Crippen LogP contribution in [0.2, 0.25) is 0 Å². The highest BCUT2D eigenvalue weighted by atomic mass is 19.1. The van der Waals surface area contributed by atoms with E-state index in [1.165, 1.54) is 12.1 Å². The SMILES string of the molecule is CN(C(=O)C1COc2cc(F)ccc2C1)C1CCC(NC(=O)c2cccc3[nH]c(CO)nc23)C1. The van der Waals surface area contributed by atoms with Gasteiger partial charge in [0.2, 0.25) is 5.91 Å². The summed E-state index contributed by atoms with van der Waals surface area (Å²) in [5.41, 5.74) is 2.53. The highest BCUT2D eigenvalue weighted by Gasteiger charge is 2.35. The number of fused-ring (bicyclic) bond motifs is 2. The van der Waals surface area contributed by atoms with Crippen molar-refractivity contribution in [1.29, 1.82) is 0 Å². The van der Waals surface area contributed by atoms with Crippen LogP contribution in [0.1, 0.15) is 41.0 Å². The fourth-order valence-corrected chi connectivity index (χ4v) is 5.02.